The Hall–Kier alpha value is -2.37. The highest BCUT2D eigenvalue weighted by molar-refractivity contribution is 5.89. The molecule has 6 heteroatoms. The standard InChI is InChI=1S/C19H24N2O4/c1-25-19(24)15-7-9-20(10-8-15)18(23)16-11-17(22)21(13-16)12-14-5-3-2-4-6-14/h2-6,15-16H,7-13H2,1H3. The summed E-state index contributed by atoms with van der Waals surface area (Å²) in [4.78, 5) is 40.1. The Morgan fingerprint density at radius 1 is 1.12 bits per heavy atom. The average Bonchev–Trinajstić information content (AvgIpc) is 3.02. The van der Waals surface area contributed by atoms with Crippen molar-refractivity contribution in [3.05, 3.63) is 35.9 Å². The highest BCUT2D eigenvalue weighted by Gasteiger charge is 2.38. The first kappa shape index (κ1) is 17.5. The smallest absolute Gasteiger partial charge is 0.308 e. The molecule has 2 aliphatic heterocycles. The van der Waals surface area contributed by atoms with Crippen molar-refractivity contribution in [3.8, 4) is 0 Å². The predicted molar refractivity (Wildman–Crippen MR) is 91.3 cm³/mol. The van der Waals surface area contributed by atoms with Crippen LogP contribution in [0.1, 0.15) is 24.8 Å². The zero-order valence-corrected chi connectivity index (χ0v) is 14.5. The van der Waals surface area contributed by atoms with Gasteiger partial charge in [-0.15, -0.1) is 0 Å². The molecule has 2 aliphatic rings. The topological polar surface area (TPSA) is 66.9 Å². The molecule has 25 heavy (non-hydrogen) atoms. The number of amides is 2. The number of likely N-dealkylation sites (tertiary alicyclic amines) is 2. The second-order valence-corrected chi connectivity index (χ2v) is 6.78. The van der Waals surface area contributed by atoms with Crippen LogP contribution in [-0.2, 0) is 25.7 Å². The summed E-state index contributed by atoms with van der Waals surface area (Å²) in [5, 5.41) is 0. The van der Waals surface area contributed by atoms with Gasteiger partial charge >= 0.3 is 5.97 Å². The lowest BCUT2D eigenvalue weighted by Crippen LogP contribution is -2.43. The van der Waals surface area contributed by atoms with E-state index < -0.39 is 0 Å². The van der Waals surface area contributed by atoms with E-state index >= 15 is 0 Å². The number of ether oxygens (including phenoxy) is 1. The van der Waals surface area contributed by atoms with Crippen molar-refractivity contribution in [3.63, 3.8) is 0 Å². The summed E-state index contributed by atoms with van der Waals surface area (Å²) in [6.07, 6.45) is 1.54. The Labute approximate surface area is 147 Å². The maximum atomic E-state index is 12.7. The third kappa shape index (κ3) is 4.00. The lowest BCUT2D eigenvalue weighted by Gasteiger charge is -2.32. The number of carbonyl (C=O) groups excluding carboxylic acids is 3. The molecule has 0 aliphatic carbocycles. The molecule has 0 N–H and O–H groups in total. The summed E-state index contributed by atoms with van der Waals surface area (Å²) < 4.78 is 4.78. The molecule has 2 amide bonds. The van der Waals surface area contributed by atoms with Gasteiger partial charge < -0.3 is 14.5 Å². The number of nitrogens with zero attached hydrogens (tertiary/aromatic N) is 2. The molecular weight excluding hydrogens is 320 g/mol. The van der Waals surface area contributed by atoms with Gasteiger partial charge in [-0.1, -0.05) is 30.3 Å². The summed E-state index contributed by atoms with van der Waals surface area (Å²) in [6, 6.07) is 9.81. The lowest BCUT2D eigenvalue weighted by molar-refractivity contribution is -0.149. The van der Waals surface area contributed by atoms with Crippen LogP contribution in [0.4, 0.5) is 0 Å². The summed E-state index contributed by atoms with van der Waals surface area (Å²) in [6.45, 7) is 2.14. The zero-order valence-electron chi connectivity index (χ0n) is 14.5. The van der Waals surface area contributed by atoms with E-state index in [1.165, 1.54) is 7.11 Å². The molecule has 0 spiro atoms. The van der Waals surface area contributed by atoms with Crippen molar-refractivity contribution in [2.45, 2.75) is 25.8 Å². The lowest BCUT2D eigenvalue weighted by atomic mass is 9.95. The van der Waals surface area contributed by atoms with Gasteiger partial charge in [-0.2, -0.15) is 0 Å². The molecule has 2 fully saturated rings. The van der Waals surface area contributed by atoms with Gasteiger partial charge in [0.15, 0.2) is 0 Å². The van der Waals surface area contributed by atoms with E-state index in [0.29, 0.717) is 39.0 Å². The summed E-state index contributed by atoms with van der Waals surface area (Å²) in [5.74, 6) is -0.518. The van der Waals surface area contributed by atoms with Gasteiger partial charge in [0.1, 0.15) is 0 Å². The SMILES string of the molecule is COC(=O)C1CCN(C(=O)C2CC(=O)N(Cc3ccccc3)C2)CC1. The molecule has 2 saturated heterocycles. The van der Waals surface area contributed by atoms with Crippen LogP contribution in [0, 0.1) is 11.8 Å². The van der Waals surface area contributed by atoms with E-state index in [9.17, 15) is 14.4 Å². The van der Waals surface area contributed by atoms with Gasteiger partial charge in [0.25, 0.3) is 0 Å². The van der Waals surface area contributed by atoms with Gasteiger partial charge in [-0.05, 0) is 18.4 Å². The minimum Gasteiger partial charge on any atom is -0.469 e. The van der Waals surface area contributed by atoms with Crippen LogP contribution in [0.5, 0.6) is 0 Å². The van der Waals surface area contributed by atoms with E-state index in [2.05, 4.69) is 0 Å². The van der Waals surface area contributed by atoms with Crippen LogP contribution in [0.2, 0.25) is 0 Å². The Balaban J connectivity index is 1.54. The van der Waals surface area contributed by atoms with Gasteiger partial charge in [-0.25, -0.2) is 0 Å². The molecule has 1 atom stereocenters. The van der Waals surface area contributed by atoms with E-state index in [1.807, 2.05) is 30.3 Å². The molecular formula is C19H24N2O4. The molecule has 6 nitrogen and oxygen atoms in total. The zero-order chi connectivity index (χ0) is 17.8. The Kier molecular flexibility index (Phi) is 5.36. The number of piperidine rings is 1. The second-order valence-electron chi connectivity index (χ2n) is 6.78. The quantitative estimate of drug-likeness (QED) is 0.776. The maximum absolute atomic E-state index is 12.7. The largest absolute Gasteiger partial charge is 0.469 e. The van der Waals surface area contributed by atoms with Gasteiger partial charge in [0, 0.05) is 32.6 Å². The highest BCUT2D eigenvalue weighted by Crippen LogP contribution is 2.25. The number of rotatable bonds is 4. The van der Waals surface area contributed by atoms with Crippen molar-refractivity contribution in [1.82, 2.24) is 9.80 Å². The van der Waals surface area contributed by atoms with Crippen LogP contribution in [0.15, 0.2) is 30.3 Å². The fourth-order valence-corrected chi connectivity index (χ4v) is 3.65. The molecule has 0 saturated carbocycles. The van der Waals surface area contributed by atoms with E-state index in [4.69, 9.17) is 4.74 Å². The van der Waals surface area contributed by atoms with Crippen molar-refractivity contribution in [2.75, 3.05) is 26.7 Å². The van der Waals surface area contributed by atoms with Crippen molar-refractivity contribution >= 4 is 17.8 Å². The first-order valence-corrected chi connectivity index (χ1v) is 8.77. The normalized spacial score (nSPS) is 21.5. The van der Waals surface area contributed by atoms with E-state index in [-0.39, 0.29) is 36.0 Å². The summed E-state index contributed by atoms with van der Waals surface area (Å²) in [7, 11) is 1.39. The maximum Gasteiger partial charge on any atom is 0.308 e. The van der Waals surface area contributed by atoms with Gasteiger partial charge in [-0.3, -0.25) is 14.4 Å². The predicted octanol–water partition coefficient (Wildman–Crippen LogP) is 1.45. The minimum absolute atomic E-state index is 0.0339. The van der Waals surface area contributed by atoms with Crippen molar-refractivity contribution in [2.24, 2.45) is 11.8 Å². The fourth-order valence-electron chi connectivity index (χ4n) is 3.65. The molecule has 1 aromatic rings. The molecule has 1 aromatic carbocycles. The molecule has 3 rings (SSSR count). The third-order valence-corrected chi connectivity index (χ3v) is 5.12. The fraction of sp³-hybridized carbons (Fsp3) is 0.526. The highest BCUT2D eigenvalue weighted by atomic mass is 16.5. The number of benzene rings is 1. The number of hydrogen-bond acceptors (Lipinski definition) is 4. The molecule has 2 heterocycles. The Morgan fingerprint density at radius 3 is 2.44 bits per heavy atom. The van der Waals surface area contributed by atoms with Crippen LogP contribution in [0.3, 0.4) is 0 Å². The monoisotopic (exact) mass is 344 g/mol. The second kappa shape index (κ2) is 7.68. The van der Waals surface area contributed by atoms with Crippen molar-refractivity contribution < 1.29 is 19.1 Å². The molecule has 0 aromatic heterocycles. The first-order chi connectivity index (χ1) is 12.1. The number of methoxy groups -OCH3 is 1. The van der Waals surface area contributed by atoms with E-state index in [0.717, 1.165) is 5.56 Å². The van der Waals surface area contributed by atoms with Crippen LogP contribution in [0.25, 0.3) is 0 Å². The third-order valence-electron chi connectivity index (χ3n) is 5.12. The summed E-state index contributed by atoms with van der Waals surface area (Å²) in [5.41, 5.74) is 1.07. The molecule has 134 valence electrons. The van der Waals surface area contributed by atoms with E-state index in [1.54, 1.807) is 9.80 Å². The van der Waals surface area contributed by atoms with Crippen molar-refractivity contribution in [1.29, 1.82) is 0 Å². The van der Waals surface area contributed by atoms with Crippen LogP contribution in [-0.4, -0.2) is 54.3 Å². The van der Waals surface area contributed by atoms with Gasteiger partial charge in [0.05, 0.1) is 18.9 Å². The number of hydrogen-bond donors (Lipinski definition) is 0. The molecule has 0 bridgehead atoms. The van der Waals surface area contributed by atoms with Crippen LogP contribution < -0.4 is 0 Å². The number of esters is 1. The molecule has 0 radical (unpaired) electrons. The number of carbonyl (C=O) groups is 3. The average molecular weight is 344 g/mol. The minimum atomic E-state index is -0.272. The Morgan fingerprint density at radius 2 is 1.80 bits per heavy atom. The first-order valence-electron chi connectivity index (χ1n) is 8.77. The summed E-state index contributed by atoms with van der Waals surface area (Å²) >= 11 is 0. The van der Waals surface area contributed by atoms with Crippen LogP contribution >= 0.6 is 0 Å². The Bertz CT molecular complexity index is 638. The molecule has 1 unspecified atom stereocenters. The van der Waals surface area contributed by atoms with Gasteiger partial charge in [0.2, 0.25) is 11.8 Å².